The van der Waals surface area contributed by atoms with Crippen LogP contribution < -0.4 is 10.1 Å². The summed E-state index contributed by atoms with van der Waals surface area (Å²) in [5, 5.41) is 2.67. The third-order valence-electron chi connectivity index (χ3n) is 5.59. The zero-order valence-corrected chi connectivity index (χ0v) is 16.3. The molecule has 0 unspecified atom stereocenters. The number of carbonyl (C=O) groups is 3. The van der Waals surface area contributed by atoms with Gasteiger partial charge in [-0.15, -0.1) is 0 Å². The Morgan fingerprint density at radius 1 is 1.26 bits per heavy atom. The van der Waals surface area contributed by atoms with Gasteiger partial charge in [0.2, 0.25) is 0 Å². The molecule has 8 heteroatoms. The molecule has 2 saturated carbocycles. The zero-order chi connectivity index (χ0) is 19.1. The Hall–Kier alpha value is -2.09. The summed E-state index contributed by atoms with van der Waals surface area (Å²) in [5.41, 5.74) is 0.585. The minimum atomic E-state index is -0.538. The lowest BCUT2D eigenvalue weighted by molar-refractivity contribution is -0.157. The van der Waals surface area contributed by atoms with E-state index in [2.05, 4.69) is 21.2 Å². The second kappa shape index (κ2) is 7.14. The Kier molecular flexibility index (Phi) is 4.84. The number of hydrogen-bond acceptors (Lipinski definition) is 6. The van der Waals surface area contributed by atoms with E-state index >= 15 is 0 Å². The lowest BCUT2D eigenvalue weighted by atomic mass is 9.80. The summed E-state index contributed by atoms with van der Waals surface area (Å²) in [5.74, 6) is -1.44. The van der Waals surface area contributed by atoms with Crippen molar-refractivity contribution >= 4 is 39.5 Å². The van der Waals surface area contributed by atoms with Gasteiger partial charge in [-0.3, -0.25) is 14.4 Å². The van der Waals surface area contributed by atoms with Crippen LogP contribution in [0.5, 0.6) is 5.75 Å². The van der Waals surface area contributed by atoms with Gasteiger partial charge in [0.1, 0.15) is 11.9 Å². The van der Waals surface area contributed by atoms with Crippen LogP contribution in [0.1, 0.15) is 13.3 Å². The molecule has 3 aliphatic rings. The highest BCUT2D eigenvalue weighted by Crippen LogP contribution is 2.60. The van der Waals surface area contributed by atoms with Gasteiger partial charge in [-0.05, 0) is 43.5 Å². The predicted octanol–water partition coefficient (Wildman–Crippen LogP) is 2.14. The van der Waals surface area contributed by atoms with Crippen LogP contribution in [0, 0.1) is 23.7 Å². The molecule has 0 spiro atoms. The van der Waals surface area contributed by atoms with Crippen molar-refractivity contribution in [3.63, 3.8) is 0 Å². The molecule has 1 N–H and O–H groups in total. The van der Waals surface area contributed by atoms with Crippen LogP contribution in [0.2, 0.25) is 0 Å². The van der Waals surface area contributed by atoms with Crippen molar-refractivity contribution in [2.75, 3.05) is 18.5 Å². The van der Waals surface area contributed by atoms with Gasteiger partial charge in [0.25, 0.3) is 5.91 Å². The van der Waals surface area contributed by atoms with Crippen molar-refractivity contribution in [2.45, 2.75) is 24.3 Å². The van der Waals surface area contributed by atoms with Crippen molar-refractivity contribution in [3.05, 3.63) is 24.3 Å². The zero-order valence-electron chi connectivity index (χ0n) is 14.7. The van der Waals surface area contributed by atoms with Gasteiger partial charge in [0.15, 0.2) is 6.61 Å². The molecule has 7 nitrogen and oxygen atoms in total. The molecular formula is C19H20BrNO6. The number of halogens is 1. The number of rotatable bonds is 6. The lowest BCUT2D eigenvalue weighted by Crippen LogP contribution is -2.39. The van der Waals surface area contributed by atoms with Crippen LogP contribution in [-0.2, 0) is 23.9 Å². The van der Waals surface area contributed by atoms with Gasteiger partial charge >= 0.3 is 11.9 Å². The molecule has 27 heavy (non-hydrogen) atoms. The van der Waals surface area contributed by atoms with Gasteiger partial charge in [-0.1, -0.05) is 15.9 Å². The summed E-state index contributed by atoms with van der Waals surface area (Å²) in [6.45, 7) is 2.07. The van der Waals surface area contributed by atoms with Crippen molar-refractivity contribution in [3.8, 4) is 5.75 Å². The smallest absolute Gasteiger partial charge is 0.310 e. The fourth-order valence-electron chi connectivity index (χ4n) is 4.53. The second-order valence-corrected chi connectivity index (χ2v) is 8.13. The number of esters is 2. The Balaban J connectivity index is 1.31. The first-order valence-corrected chi connectivity index (χ1v) is 9.95. The Morgan fingerprint density at radius 2 is 2.00 bits per heavy atom. The summed E-state index contributed by atoms with van der Waals surface area (Å²) in [6, 6.07) is 6.92. The monoisotopic (exact) mass is 437 g/mol. The fraction of sp³-hybridized carbons (Fsp3) is 0.526. The maximum absolute atomic E-state index is 12.5. The van der Waals surface area contributed by atoms with Crippen LogP contribution in [0.25, 0.3) is 0 Å². The van der Waals surface area contributed by atoms with Gasteiger partial charge in [0.05, 0.1) is 23.3 Å². The molecular weight excluding hydrogens is 418 g/mol. The number of nitrogens with one attached hydrogen (secondary N) is 1. The average molecular weight is 438 g/mol. The molecule has 0 aromatic heterocycles. The molecule has 144 valence electrons. The number of ether oxygens (including phenoxy) is 3. The van der Waals surface area contributed by atoms with E-state index in [0.717, 1.165) is 6.42 Å². The Bertz CT molecular complexity index is 766. The molecule has 1 aromatic carbocycles. The first kappa shape index (κ1) is 18.3. The van der Waals surface area contributed by atoms with E-state index in [9.17, 15) is 14.4 Å². The topological polar surface area (TPSA) is 90.9 Å². The minimum Gasteiger partial charge on any atom is -0.494 e. The third-order valence-corrected chi connectivity index (χ3v) is 6.79. The number of carbonyl (C=O) groups excluding carboxylic acids is 3. The largest absolute Gasteiger partial charge is 0.494 e. The van der Waals surface area contributed by atoms with Gasteiger partial charge in [-0.25, -0.2) is 0 Å². The van der Waals surface area contributed by atoms with E-state index in [-0.39, 0.29) is 28.7 Å². The van der Waals surface area contributed by atoms with Crippen LogP contribution in [0.3, 0.4) is 0 Å². The highest BCUT2D eigenvalue weighted by Gasteiger charge is 2.68. The predicted molar refractivity (Wildman–Crippen MR) is 98.4 cm³/mol. The van der Waals surface area contributed by atoms with E-state index in [0.29, 0.717) is 18.0 Å². The molecule has 1 saturated heterocycles. The normalized spacial score (nSPS) is 32.9. The van der Waals surface area contributed by atoms with Gasteiger partial charge < -0.3 is 19.5 Å². The van der Waals surface area contributed by atoms with Crippen molar-refractivity contribution in [2.24, 2.45) is 23.7 Å². The standard InChI is InChI=1S/C19H20BrNO6/c1-2-25-10-5-3-9(4-6-10)21-13(22)8-26-18(23)14-11-7-12-15(14)19(24)27-17(12)16(11)20/h3-6,11-12,14-17H,2,7-8H2,1H3,(H,21,22)/t11-,12-,14-,15-,16-,17+/m1/s1. The summed E-state index contributed by atoms with van der Waals surface area (Å²) >= 11 is 3.55. The number of benzene rings is 1. The SMILES string of the molecule is CCOc1ccc(NC(=O)COC(=O)[C@@H]2[C@H]3C[C@H]4[C@H](OC(=O)[C@H]42)[C@@H]3Br)cc1. The first-order valence-electron chi connectivity index (χ1n) is 9.03. The maximum Gasteiger partial charge on any atom is 0.310 e. The number of amides is 1. The quantitative estimate of drug-likeness (QED) is 0.541. The summed E-state index contributed by atoms with van der Waals surface area (Å²) < 4.78 is 15.9. The van der Waals surface area contributed by atoms with Crippen LogP contribution >= 0.6 is 15.9 Å². The van der Waals surface area contributed by atoms with Crippen molar-refractivity contribution < 1.29 is 28.6 Å². The highest BCUT2D eigenvalue weighted by molar-refractivity contribution is 9.09. The van der Waals surface area contributed by atoms with Gasteiger partial charge in [-0.2, -0.15) is 0 Å². The highest BCUT2D eigenvalue weighted by atomic mass is 79.9. The molecule has 4 rings (SSSR count). The molecule has 3 fully saturated rings. The van der Waals surface area contributed by atoms with Crippen LogP contribution in [-0.4, -0.2) is 42.0 Å². The third kappa shape index (κ3) is 3.20. The molecule has 0 radical (unpaired) electrons. The Labute approximate surface area is 164 Å². The molecule has 2 bridgehead atoms. The Morgan fingerprint density at radius 3 is 2.70 bits per heavy atom. The van der Waals surface area contributed by atoms with E-state index < -0.39 is 30.3 Å². The van der Waals surface area contributed by atoms with Crippen LogP contribution in [0.4, 0.5) is 5.69 Å². The van der Waals surface area contributed by atoms with E-state index in [1.165, 1.54) is 0 Å². The number of hydrogen-bond donors (Lipinski definition) is 1. The van der Waals surface area contributed by atoms with E-state index in [4.69, 9.17) is 14.2 Å². The summed E-state index contributed by atoms with van der Waals surface area (Å²) in [6.07, 6.45) is 0.634. The molecule has 6 atom stereocenters. The minimum absolute atomic E-state index is 0.0121. The van der Waals surface area contributed by atoms with Crippen molar-refractivity contribution in [1.82, 2.24) is 0 Å². The molecule has 2 aliphatic carbocycles. The lowest BCUT2D eigenvalue weighted by Gasteiger charge is -2.26. The number of fused-ring (bicyclic) bond motifs is 1. The van der Waals surface area contributed by atoms with Crippen molar-refractivity contribution in [1.29, 1.82) is 0 Å². The van der Waals surface area contributed by atoms with E-state index in [1.54, 1.807) is 24.3 Å². The molecule has 1 aromatic rings. The average Bonchev–Trinajstić information content (AvgIpc) is 3.26. The van der Waals surface area contributed by atoms with Crippen LogP contribution in [0.15, 0.2) is 24.3 Å². The van der Waals surface area contributed by atoms with Gasteiger partial charge in [0, 0.05) is 11.6 Å². The molecule has 1 amide bonds. The maximum atomic E-state index is 12.5. The summed E-state index contributed by atoms with van der Waals surface area (Å²) in [7, 11) is 0. The molecule has 1 heterocycles. The summed E-state index contributed by atoms with van der Waals surface area (Å²) in [4.78, 5) is 36.6. The molecule has 1 aliphatic heterocycles. The van der Waals surface area contributed by atoms with E-state index in [1.807, 2.05) is 6.92 Å². The number of anilines is 1. The first-order chi connectivity index (χ1) is 13.0. The fourth-order valence-corrected chi connectivity index (χ4v) is 5.57. The number of alkyl halides is 1. The second-order valence-electron chi connectivity index (χ2n) is 7.07.